The van der Waals surface area contributed by atoms with Gasteiger partial charge in [-0.05, 0) is 42.5 Å². The molecule has 0 unspecified atom stereocenters. The van der Waals surface area contributed by atoms with Gasteiger partial charge in [-0.2, -0.15) is 0 Å². The molecule has 0 bridgehead atoms. The molecule has 0 fully saturated rings. The van der Waals surface area contributed by atoms with Crippen LogP contribution in [0.2, 0.25) is 0 Å². The third-order valence-electron chi connectivity index (χ3n) is 4.72. The minimum Gasteiger partial charge on any atom is -0.497 e. The molecular weight excluding hydrogens is 338 g/mol. The number of furan rings is 1. The maximum atomic E-state index is 12.5. The normalized spacial score (nSPS) is 12.3. The Hall–Kier alpha value is -2.75. The van der Waals surface area contributed by atoms with E-state index in [-0.39, 0.29) is 18.4 Å². The molecular formula is C23H27NO3. The standard InChI is InChI=1S/C23H27NO3/c1-15(2)11-17-5-7-18(8-6-17)16(3)24-23(25)12-19-14-27-22-13-20(26-4)9-10-21(19)22/h5-10,13-16H,11-12H2,1-4H3,(H,24,25)/t16-/m1/s1. The molecule has 1 N–H and O–H groups in total. The number of fused-ring (bicyclic) bond motifs is 1. The monoisotopic (exact) mass is 365 g/mol. The number of benzene rings is 2. The third-order valence-corrected chi connectivity index (χ3v) is 4.72. The van der Waals surface area contributed by atoms with Gasteiger partial charge in [-0.15, -0.1) is 0 Å². The maximum absolute atomic E-state index is 12.5. The van der Waals surface area contributed by atoms with Crippen molar-refractivity contribution in [2.24, 2.45) is 5.92 Å². The number of hydrogen-bond donors (Lipinski definition) is 1. The van der Waals surface area contributed by atoms with Crippen LogP contribution in [0, 0.1) is 5.92 Å². The van der Waals surface area contributed by atoms with Crippen molar-refractivity contribution in [2.75, 3.05) is 7.11 Å². The van der Waals surface area contributed by atoms with Gasteiger partial charge in [-0.25, -0.2) is 0 Å². The number of carbonyl (C=O) groups excluding carboxylic acids is 1. The van der Waals surface area contributed by atoms with E-state index in [0.29, 0.717) is 5.92 Å². The van der Waals surface area contributed by atoms with Crippen molar-refractivity contribution in [2.45, 2.75) is 39.7 Å². The SMILES string of the molecule is COc1ccc2c(CC(=O)N[C@H](C)c3ccc(CC(C)C)cc3)coc2c1. The molecule has 27 heavy (non-hydrogen) atoms. The second kappa shape index (κ2) is 8.30. The number of ether oxygens (including phenoxy) is 1. The average Bonchev–Trinajstić information content (AvgIpc) is 3.03. The van der Waals surface area contributed by atoms with Crippen molar-refractivity contribution in [3.63, 3.8) is 0 Å². The Balaban J connectivity index is 1.63. The molecule has 3 aromatic rings. The molecule has 0 spiro atoms. The largest absolute Gasteiger partial charge is 0.497 e. The van der Waals surface area contributed by atoms with Crippen molar-refractivity contribution in [1.82, 2.24) is 5.32 Å². The molecule has 1 heterocycles. The van der Waals surface area contributed by atoms with E-state index in [1.54, 1.807) is 13.4 Å². The lowest BCUT2D eigenvalue weighted by atomic mass is 10.00. The smallest absolute Gasteiger partial charge is 0.225 e. The van der Waals surface area contributed by atoms with Crippen molar-refractivity contribution >= 4 is 16.9 Å². The van der Waals surface area contributed by atoms with Crippen LogP contribution >= 0.6 is 0 Å². The zero-order valence-corrected chi connectivity index (χ0v) is 16.4. The summed E-state index contributed by atoms with van der Waals surface area (Å²) < 4.78 is 10.8. The Kier molecular flexibility index (Phi) is 5.84. The van der Waals surface area contributed by atoms with Crippen LogP contribution in [0.25, 0.3) is 11.0 Å². The zero-order valence-electron chi connectivity index (χ0n) is 16.4. The zero-order chi connectivity index (χ0) is 19.4. The minimum atomic E-state index is -0.0381. The summed E-state index contributed by atoms with van der Waals surface area (Å²) in [5, 5.41) is 4.02. The van der Waals surface area contributed by atoms with Gasteiger partial charge in [0, 0.05) is 17.0 Å². The van der Waals surface area contributed by atoms with E-state index in [1.165, 1.54) is 5.56 Å². The van der Waals surface area contributed by atoms with Gasteiger partial charge in [-0.1, -0.05) is 38.1 Å². The first-order valence-electron chi connectivity index (χ1n) is 9.38. The van der Waals surface area contributed by atoms with Crippen molar-refractivity contribution in [3.05, 3.63) is 65.4 Å². The molecule has 1 atom stereocenters. The molecule has 1 aromatic heterocycles. The molecule has 142 valence electrons. The molecule has 0 aliphatic heterocycles. The summed E-state index contributed by atoms with van der Waals surface area (Å²) in [5.41, 5.74) is 4.04. The summed E-state index contributed by atoms with van der Waals surface area (Å²) in [7, 11) is 1.62. The van der Waals surface area contributed by atoms with Crippen molar-refractivity contribution < 1.29 is 13.9 Å². The van der Waals surface area contributed by atoms with Gasteiger partial charge >= 0.3 is 0 Å². The highest BCUT2D eigenvalue weighted by Crippen LogP contribution is 2.26. The fraction of sp³-hybridized carbons (Fsp3) is 0.348. The van der Waals surface area contributed by atoms with Crippen LogP contribution in [0.5, 0.6) is 5.75 Å². The Labute approximate surface area is 160 Å². The molecule has 2 aromatic carbocycles. The fourth-order valence-electron chi connectivity index (χ4n) is 3.29. The number of methoxy groups -OCH3 is 1. The number of rotatable bonds is 7. The van der Waals surface area contributed by atoms with Crippen LogP contribution in [0.15, 0.2) is 53.1 Å². The third kappa shape index (κ3) is 4.70. The minimum absolute atomic E-state index is 0.0210. The summed E-state index contributed by atoms with van der Waals surface area (Å²) >= 11 is 0. The fourth-order valence-corrected chi connectivity index (χ4v) is 3.29. The summed E-state index contributed by atoms with van der Waals surface area (Å²) in [6.07, 6.45) is 3.00. The molecule has 0 radical (unpaired) electrons. The maximum Gasteiger partial charge on any atom is 0.225 e. The number of amides is 1. The van der Waals surface area contributed by atoms with Crippen LogP contribution in [0.1, 0.15) is 43.5 Å². The summed E-state index contributed by atoms with van der Waals surface area (Å²) in [6.45, 7) is 6.44. The lowest BCUT2D eigenvalue weighted by Crippen LogP contribution is -2.28. The van der Waals surface area contributed by atoms with Gasteiger partial charge in [0.15, 0.2) is 0 Å². The van der Waals surface area contributed by atoms with Crippen LogP contribution in [0.4, 0.5) is 0 Å². The van der Waals surface area contributed by atoms with E-state index in [1.807, 2.05) is 25.1 Å². The van der Waals surface area contributed by atoms with E-state index in [2.05, 4.69) is 43.4 Å². The highest BCUT2D eigenvalue weighted by molar-refractivity contribution is 5.88. The van der Waals surface area contributed by atoms with Gasteiger partial charge in [-0.3, -0.25) is 4.79 Å². The summed E-state index contributed by atoms with van der Waals surface area (Å²) in [6, 6.07) is 14.1. The van der Waals surface area contributed by atoms with Gasteiger partial charge in [0.2, 0.25) is 5.91 Å². The van der Waals surface area contributed by atoms with Crippen LogP contribution < -0.4 is 10.1 Å². The molecule has 0 saturated carbocycles. The van der Waals surface area contributed by atoms with E-state index in [4.69, 9.17) is 9.15 Å². The Morgan fingerprint density at radius 3 is 2.52 bits per heavy atom. The predicted octanol–water partition coefficient (Wildman–Crippen LogP) is 5.06. The predicted molar refractivity (Wildman–Crippen MR) is 108 cm³/mol. The lowest BCUT2D eigenvalue weighted by molar-refractivity contribution is -0.121. The first-order chi connectivity index (χ1) is 13.0. The highest BCUT2D eigenvalue weighted by Gasteiger charge is 2.14. The summed E-state index contributed by atoms with van der Waals surface area (Å²) in [4.78, 5) is 12.5. The topological polar surface area (TPSA) is 51.5 Å². The Morgan fingerprint density at radius 2 is 1.85 bits per heavy atom. The summed E-state index contributed by atoms with van der Waals surface area (Å²) in [5.74, 6) is 1.35. The molecule has 1 amide bonds. The highest BCUT2D eigenvalue weighted by atomic mass is 16.5. The van der Waals surface area contributed by atoms with Gasteiger partial charge < -0.3 is 14.5 Å². The van der Waals surface area contributed by atoms with E-state index < -0.39 is 0 Å². The lowest BCUT2D eigenvalue weighted by Gasteiger charge is -2.15. The molecule has 0 aliphatic carbocycles. The molecule has 0 aliphatic rings. The van der Waals surface area contributed by atoms with Crippen LogP contribution in [-0.4, -0.2) is 13.0 Å². The molecule has 0 saturated heterocycles. The van der Waals surface area contributed by atoms with Gasteiger partial charge in [0.1, 0.15) is 11.3 Å². The van der Waals surface area contributed by atoms with Crippen molar-refractivity contribution in [1.29, 1.82) is 0 Å². The second-order valence-corrected chi connectivity index (χ2v) is 7.43. The average molecular weight is 365 g/mol. The van der Waals surface area contributed by atoms with E-state index in [9.17, 15) is 4.79 Å². The van der Waals surface area contributed by atoms with E-state index >= 15 is 0 Å². The number of carbonyl (C=O) groups is 1. The van der Waals surface area contributed by atoms with Crippen LogP contribution in [0.3, 0.4) is 0 Å². The molecule has 3 rings (SSSR count). The van der Waals surface area contributed by atoms with Gasteiger partial charge in [0.05, 0.1) is 25.8 Å². The molecule has 4 nitrogen and oxygen atoms in total. The molecule has 4 heteroatoms. The quantitative estimate of drug-likeness (QED) is 0.637. The van der Waals surface area contributed by atoms with Gasteiger partial charge in [0.25, 0.3) is 0 Å². The Bertz CT molecular complexity index is 909. The number of nitrogens with one attached hydrogen (secondary N) is 1. The van der Waals surface area contributed by atoms with Crippen molar-refractivity contribution in [3.8, 4) is 5.75 Å². The first kappa shape index (κ1) is 19.0. The number of hydrogen-bond acceptors (Lipinski definition) is 3. The first-order valence-corrected chi connectivity index (χ1v) is 9.38. The van der Waals surface area contributed by atoms with E-state index in [0.717, 1.165) is 34.3 Å². The second-order valence-electron chi connectivity index (χ2n) is 7.43. The Morgan fingerprint density at radius 1 is 1.11 bits per heavy atom. The van der Waals surface area contributed by atoms with Crippen LogP contribution in [-0.2, 0) is 17.6 Å².